The number of nitrogens with zero attached hydrogens (tertiary/aromatic N) is 1. The summed E-state index contributed by atoms with van der Waals surface area (Å²) in [6.45, 7) is 5.42. The summed E-state index contributed by atoms with van der Waals surface area (Å²) in [4.78, 5) is 14.8. The molecule has 0 spiro atoms. The number of carbonyl (C=O) groups is 1. The number of nitrogens with one attached hydrogen (secondary N) is 1. The molecule has 0 bridgehead atoms. The first kappa shape index (κ1) is 17.5. The van der Waals surface area contributed by atoms with Crippen molar-refractivity contribution in [2.24, 2.45) is 0 Å². The van der Waals surface area contributed by atoms with Crippen LogP contribution in [0, 0.1) is 6.92 Å². The minimum absolute atomic E-state index is 0.0889. The zero-order chi connectivity index (χ0) is 17.6. The Balaban J connectivity index is 1.73. The van der Waals surface area contributed by atoms with Gasteiger partial charge in [0, 0.05) is 19.6 Å². The van der Waals surface area contributed by atoms with Gasteiger partial charge < -0.3 is 19.2 Å². The number of hydrogen-bond donors (Lipinski definition) is 1. The van der Waals surface area contributed by atoms with Gasteiger partial charge in [0.15, 0.2) is 0 Å². The van der Waals surface area contributed by atoms with Crippen molar-refractivity contribution in [2.75, 3.05) is 40.0 Å². The summed E-state index contributed by atoms with van der Waals surface area (Å²) in [5.74, 6) is 1.34. The Morgan fingerprint density at radius 2 is 1.96 bits per heavy atom. The third-order valence-corrected chi connectivity index (χ3v) is 4.55. The molecule has 2 heterocycles. The van der Waals surface area contributed by atoms with Crippen LogP contribution in [0.1, 0.15) is 27.7 Å². The molecule has 3 rings (SSSR count). The van der Waals surface area contributed by atoms with Gasteiger partial charge in [-0.25, -0.2) is 0 Å². The molecule has 1 saturated heterocycles. The summed E-state index contributed by atoms with van der Waals surface area (Å²) < 4.78 is 15.9. The van der Waals surface area contributed by atoms with Gasteiger partial charge in [0.05, 0.1) is 38.2 Å². The number of furan rings is 1. The SMILES string of the molecule is COc1ccc(C(CNC(=O)c2ccoc2C)N2CCOCC2)cc1. The first-order valence-corrected chi connectivity index (χ1v) is 8.47. The molecule has 6 heteroatoms. The predicted molar refractivity (Wildman–Crippen MR) is 93.9 cm³/mol. The van der Waals surface area contributed by atoms with E-state index in [4.69, 9.17) is 13.9 Å². The van der Waals surface area contributed by atoms with E-state index >= 15 is 0 Å². The third-order valence-electron chi connectivity index (χ3n) is 4.55. The van der Waals surface area contributed by atoms with Crippen molar-refractivity contribution >= 4 is 5.91 Å². The third kappa shape index (κ3) is 4.21. The summed E-state index contributed by atoms with van der Waals surface area (Å²) in [6.07, 6.45) is 1.53. The van der Waals surface area contributed by atoms with Crippen molar-refractivity contribution < 1.29 is 18.7 Å². The number of amides is 1. The highest BCUT2D eigenvalue weighted by Crippen LogP contribution is 2.24. The van der Waals surface area contributed by atoms with Crippen LogP contribution in [-0.2, 0) is 4.74 Å². The van der Waals surface area contributed by atoms with E-state index in [1.165, 1.54) is 6.26 Å². The zero-order valence-corrected chi connectivity index (χ0v) is 14.7. The Kier molecular flexibility index (Phi) is 5.73. The molecule has 0 aliphatic carbocycles. The van der Waals surface area contributed by atoms with E-state index in [1.54, 1.807) is 20.1 Å². The lowest BCUT2D eigenvalue weighted by molar-refractivity contribution is 0.0162. The quantitative estimate of drug-likeness (QED) is 0.872. The second kappa shape index (κ2) is 8.18. The molecule has 0 radical (unpaired) electrons. The molecule has 1 aromatic heterocycles. The molecule has 1 amide bonds. The fraction of sp³-hybridized carbons (Fsp3) is 0.421. The molecule has 1 aliphatic heterocycles. The van der Waals surface area contributed by atoms with Gasteiger partial charge in [-0.1, -0.05) is 12.1 Å². The van der Waals surface area contributed by atoms with Gasteiger partial charge >= 0.3 is 0 Å². The molecule has 1 aromatic carbocycles. The maximum Gasteiger partial charge on any atom is 0.254 e. The smallest absolute Gasteiger partial charge is 0.254 e. The molecule has 2 aromatic rings. The molecule has 1 atom stereocenters. The van der Waals surface area contributed by atoms with Crippen LogP contribution in [0.3, 0.4) is 0 Å². The highest BCUT2D eigenvalue weighted by atomic mass is 16.5. The fourth-order valence-corrected chi connectivity index (χ4v) is 3.08. The highest BCUT2D eigenvalue weighted by molar-refractivity contribution is 5.95. The van der Waals surface area contributed by atoms with Gasteiger partial charge in [-0.2, -0.15) is 0 Å². The Labute approximate surface area is 147 Å². The lowest BCUT2D eigenvalue weighted by atomic mass is 10.0. The molecule has 1 fully saturated rings. The normalized spacial score (nSPS) is 16.4. The fourth-order valence-electron chi connectivity index (χ4n) is 3.08. The topological polar surface area (TPSA) is 63.9 Å². The number of carbonyl (C=O) groups excluding carboxylic acids is 1. The number of aryl methyl sites for hydroxylation is 1. The van der Waals surface area contributed by atoms with Gasteiger partial charge in [0.1, 0.15) is 11.5 Å². The van der Waals surface area contributed by atoms with Crippen LogP contribution in [0.5, 0.6) is 5.75 Å². The van der Waals surface area contributed by atoms with E-state index in [-0.39, 0.29) is 11.9 Å². The standard InChI is InChI=1S/C19H24N2O4/c1-14-17(7-10-25-14)19(22)20-13-18(21-8-11-24-12-9-21)15-3-5-16(23-2)6-4-15/h3-7,10,18H,8-9,11-13H2,1-2H3,(H,20,22). The van der Waals surface area contributed by atoms with Gasteiger partial charge in [0.25, 0.3) is 5.91 Å². The van der Waals surface area contributed by atoms with E-state index < -0.39 is 0 Å². The van der Waals surface area contributed by atoms with Crippen LogP contribution in [0.25, 0.3) is 0 Å². The van der Waals surface area contributed by atoms with Gasteiger partial charge in [-0.15, -0.1) is 0 Å². The monoisotopic (exact) mass is 344 g/mol. The second-order valence-electron chi connectivity index (χ2n) is 6.04. The van der Waals surface area contributed by atoms with Crippen LogP contribution >= 0.6 is 0 Å². The Morgan fingerprint density at radius 3 is 2.56 bits per heavy atom. The summed E-state index contributed by atoms with van der Waals surface area (Å²) in [7, 11) is 1.65. The second-order valence-corrected chi connectivity index (χ2v) is 6.04. The molecule has 134 valence electrons. The van der Waals surface area contributed by atoms with Crippen molar-refractivity contribution in [1.29, 1.82) is 0 Å². The molecule has 1 unspecified atom stereocenters. The molecular formula is C19H24N2O4. The van der Waals surface area contributed by atoms with E-state index in [0.717, 1.165) is 24.4 Å². The number of benzene rings is 1. The summed E-state index contributed by atoms with van der Waals surface area (Å²) in [5.41, 5.74) is 1.72. The predicted octanol–water partition coefficient (Wildman–Crippen LogP) is 2.40. The minimum atomic E-state index is -0.113. The van der Waals surface area contributed by atoms with Crippen molar-refractivity contribution in [3.8, 4) is 5.75 Å². The Hall–Kier alpha value is -2.31. The van der Waals surface area contributed by atoms with Crippen LogP contribution < -0.4 is 10.1 Å². The highest BCUT2D eigenvalue weighted by Gasteiger charge is 2.24. The zero-order valence-electron chi connectivity index (χ0n) is 14.7. The van der Waals surface area contributed by atoms with Crippen LogP contribution in [-0.4, -0.2) is 50.8 Å². The Bertz CT molecular complexity index is 690. The first-order valence-electron chi connectivity index (χ1n) is 8.47. The first-order chi connectivity index (χ1) is 12.2. The minimum Gasteiger partial charge on any atom is -0.497 e. The van der Waals surface area contributed by atoms with Crippen LogP contribution in [0.4, 0.5) is 0 Å². The molecule has 25 heavy (non-hydrogen) atoms. The average Bonchev–Trinajstić information content (AvgIpc) is 3.09. The molecular weight excluding hydrogens is 320 g/mol. The van der Waals surface area contributed by atoms with Crippen molar-refractivity contribution in [3.63, 3.8) is 0 Å². The largest absolute Gasteiger partial charge is 0.497 e. The van der Waals surface area contributed by atoms with E-state index in [0.29, 0.717) is 31.1 Å². The number of rotatable bonds is 6. The van der Waals surface area contributed by atoms with E-state index in [9.17, 15) is 4.79 Å². The number of methoxy groups -OCH3 is 1. The van der Waals surface area contributed by atoms with E-state index in [1.807, 2.05) is 24.3 Å². The summed E-state index contributed by atoms with van der Waals surface area (Å²) in [6, 6.07) is 9.78. The maximum atomic E-state index is 12.4. The molecule has 1 N–H and O–H groups in total. The number of ether oxygens (including phenoxy) is 2. The molecule has 6 nitrogen and oxygen atoms in total. The molecule has 0 saturated carbocycles. The van der Waals surface area contributed by atoms with Crippen LogP contribution in [0.2, 0.25) is 0 Å². The van der Waals surface area contributed by atoms with Gasteiger partial charge in [-0.3, -0.25) is 9.69 Å². The lowest BCUT2D eigenvalue weighted by Crippen LogP contribution is -2.43. The number of morpholine rings is 1. The van der Waals surface area contributed by atoms with Crippen molar-refractivity contribution in [3.05, 3.63) is 53.5 Å². The Morgan fingerprint density at radius 1 is 1.24 bits per heavy atom. The van der Waals surface area contributed by atoms with Crippen molar-refractivity contribution in [1.82, 2.24) is 10.2 Å². The maximum absolute atomic E-state index is 12.4. The van der Waals surface area contributed by atoms with E-state index in [2.05, 4.69) is 10.2 Å². The summed E-state index contributed by atoms with van der Waals surface area (Å²) >= 11 is 0. The molecule has 1 aliphatic rings. The van der Waals surface area contributed by atoms with Gasteiger partial charge in [-0.05, 0) is 30.7 Å². The van der Waals surface area contributed by atoms with Crippen molar-refractivity contribution in [2.45, 2.75) is 13.0 Å². The number of hydrogen-bond acceptors (Lipinski definition) is 5. The lowest BCUT2D eigenvalue weighted by Gasteiger charge is -2.35. The average molecular weight is 344 g/mol. The van der Waals surface area contributed by atoms with Crippen LogP contribution in [0.15, 0.2) is 41.0 Å². The summed E-state index contributed by atoms with van der Waals surface area (Å²) in [5, 5.41) is 3.04. The van der Waals surface area contributed by atoms with Gasteiger partial charge in [0.2, 0.25) is 0 Å².